The van der Waals surface area contributed by atoms with Gasteiger partial charge in [-0.15, -0.1) is 0 Å². The van der Waals surface area contributed by atoms with Crippen LogP contribution in [0, 0.1) is 20.8 Å². The van der Waals surface area contributed by atoms with Crippen LogP contribution in [0.15, 0.2) is 53.6 Å². The quantitative estimate of drug-likeness (QED) is 0.484. The summed E-state index contributed by atoms with van der Waals surface area (Å²) in [5.41, 5.74) is 5.80. The lowest BCUT2D eigenvalue weighted by atomic mass is 10.1. The minimum atomic E-state index is 0.896. The smallest absolute Gasteiger partial charge is 0.206 e. The van der Waals surface area contributed by atoms with E-state index in [1.807, 2.05) is 36.5 Å². The number of hydrogen-bond donors (Lipinski definition) is 0. The van der Waals surface area contributed by atoms with Gasteiger partial charge in [-0.05, 0) is 31.9 Å². The molecule has 0 radical (unpaired) electrons. The van der Waals surface area contributed by atoms with Crippen molar-refractivity contribution in [2.24, 2.45) is 5.10 Å². The highest BCUT2D eigenvalue weighted by atomic mass is 32.1. The zero-order valence-electron chi connectivity index (χ0n) is 14.4. The number of thiazole rings is 1. The van der Waals surface area contributed by atoms with Crippen LogP contribution in [0.1, 0.15) is 21.6 Å². The Bertz CT molecular complexity index is 866. The van der Waals surface area contributed by atoms with Crippen LogP contribution < -0.4 is 5.01 Å². The van der Waals surface area contributed by atoms with Crippen molar-refractivity contribution < 1.29 is 0 Å². The first kappa shape index (κ1) is 16.4. The lowest BCUT2D eigenvalue weighted by Gasteiger charge is -2.08. The molecule has 1 aromatic heterocycles. The third-order valence-electron chi connectivity index (χ3n) is 3.90. The lowest BCUT2D eigenvalue weighted by Crippen LogP contribution is -2.08. The van der Waals surface area contributed by atoms with Gasteiger partial charge in [-0.2, -0.15) is 5.10 Å². The molecule has 1 heterocycles. The molecule has 2 aromatic carbocycles. The Kier molecular flexibility index (Phi) is 4.76. The number of nitrogens with zero attached hydrogens (tertiary/aromatic N) is 3. The fourth-order valence-electron chi connectivity index (χ4n) is 2.55. The van der Waals surface area contributed by atoms with Crippen molar-refractivity contribution in [3.05, 3.63) is 70.1 Å². The van der Waals surface area contributed by atoms with Crippen LogP contribution in [0.4, 0.5) is 5.13 Å². The molecular weight excluding hydrogens is 314 g/mol. The second-order valence-corrected chi connectivity index (χ2v) is 7.08. The Morgan fingerprint density at radius 2 is 1.79 bits per heavy atom. The van der Waals surface area contributed by atoms with Crippen molar-refractivity contribution in [2.75, 3.05) is 12.1 Å². The van der Waals surface area contributed by atoms with Crippen LogP contribution >= 0.6 is 11.3 Å². The van der Waals surface area contributed by atoms with Crippen molar-refractivity contribution in [2.45, 2.75) is 20.8 Å². The second kappa shape index (κ2) is 6.97. The highest BCUT2D eigenvalue weighted by Gasteiger charge is 2.12. The normalized spacial score (nSPS) is 11.2. The molecule has 0 atom stereocenters. The number of anilines is 1. The minimum Gasteiger partial charge on any atom is -0.242 e. The van der Waals surface area contributed by atoms with Gasteiger partial charge in [0.2, 0.25) is 5.13 Å². The highest BCUT2D eigenvalue weighted by Crippen LogP contribution is 2.31. The Labute approximate surface area is 147 Å². The summed E-state index contributed by atoms with van der Waals surface area (Å²) in [6, 6.07) is 16.6. The maximum atomic E-state index is 4.76. The Morgan fingerprint density at radius 3 is 2.50 bits per heavy atom. The molecule has 0 spiro atoms. The summed E-state index contributed by atoms with van der Waals surface area (Å²) in [6.07, 6.45) is 1.90. The SMILES string of the molecule is Cc1ccc(/C=N/N(C)c2nc(-c3ccccc3)c(C)s2)c(C)c1. The number of hydrazone groups is 1. The van der Waals surface area contributed by atoms with E-state index in [9.17, 15) is 0 Å². The topological polar surface area (TPSA) is 28.5 Å². The highest BCUT2D eigenvalue weighted by molar-refractivity contribution is 7.16. The van der Waals surface area contributed by atoms with Gasteiger partial charge < -0.3 is 0 Å². The van der Waals surface area contributed by atoms with E-state index in [2.05, 4.69) is 56.2 Å². The molecule has 0 bridgehead atoms. The molecule has 24 heavy (non-hydrogen) atoms. The number of aromatic nitrogens is 1. The van der Waals surface area contributed by atoms with E-state index >= 15 is 0 Å². The average Bonchev–Trinajstić information content (AvgIpc) is 2.96. The molecule has 0 aliphatic rings. The van der Waals surface area contributed by atoms with Crippen LogP contribution in [-0.4, -0.2) is 18.2 Å². The van der Waals surface area contributed by atoms with Gasteiger partial charge in [0, 0.05) is 17.5 Å². The maximum absolute atomic E-state index is 4.76. The van der Waals surface area contributed by atoms with E-state index in [1.165, 1.54) is 16.0 Å². The summed E-state index contributed by atoms with van der Waals surface area (Å²) in [5, 5.41) is 7.29. The zero-order chi connectivity index (χ0) is 17.1. The number of rotatable bonds is 4. The molecule has 4 heteroatoms. The van der Waals surface area contributed by atoms with Crippen LogP contribution in [0.25, 0.3) is 11.3 Å². The number of benzene rings is 2. The van der Waals surface area contributed by atoms with E-state index < -0.39 is 0 Å². The van der Waals surface area contributed by atoms with E-state index in [1.54, 1.807) is 11.3 Å². The van der Waals surface area contributed by atoms with Crippen LogP contribution in [-0.2, 0) is 0 Å². The van der Waals surface area contributed by atoms with E-state index in [4.69, 9.17) is 4.98 Å². The van der Waals surface area contributed by atoms with Gasteiger partial charge in [0.25, 0.3) is 0 Å². The third kappa shape index (κ3) is 3.54. The van der Waals surface area contributed by atoms with Crippen molar-refractivity contribution in [3.8, 4) is 11.3 Å². The monoisotopic (exact) mass is 335 g/mol. The van der Waals surface area contributed by atoms with Crippen molar-refractivity contribution in [1.29, 1.82) is 0 Å². The summed E-state index contributed by atoms with van der Waals surface area (Å²) in [7, 11) is 1.94. The summed E-state index contributed by atoms with van der Waals surface area (Å²) in [5.74, 6) is 0. The van der Waals surface area contributed by atoms with E-state index in [0.717, 1.165) is 22.0 Å². The van der Waals surface area contributed by atoms with Gasteiger partial charge in [-0.1, -0.05) is 65.4 Å². The first-order valence-electron chi connectivity index (χ1n) is 7.92. The third-order valence-corrected chi connectivity index (χ3v) is 4.94. The summed E-state index contributed by atoms with van der Waals surface area (Å²) < 4.78 is 0. The van der Waals surface area contributed by atoms with Crippen molar-refractivity contribution in [3.63, 3.8) is 0 Å². The Hall–Kier alpha value is -2.46. The molecular formula is C20H21N3S. The van der Waals surface area contributed by atoms with Crippen molar-refractivity contribution >= 4 is 22.7 Å². The average molecular weight is 335 g/mol. The minimum absolute atomic E-state index is 0.896. The van der Waals surface area contributed by atoms with E-state index in [-0.39, 0.29) is 0 Å². The maximum Gasteiger partial charge on any atom is 0.206 e. The van der Waals surface area contributed by atoms with Crippen LogP contribution in [0.2, 0.25) is 0 Å². The Balaban J connectivity index is 1.83. The number of hydrogen-bond acceptors (Lipinski definition) is 4. The molecule has 0 unspecified atom stereocenters. The molecule has 0 N–H and O–H groups in total. The zero-order valence-corrected chi connectivity index (χ0v) is 15.3. The lowest BCUT2D eigenvalue weighted by molar-refractivity contribution is 1.01. The predicted octanol–water partition coefficient (Wildman–Crippen LogP) is 5.21. The summed E-state index contributed by atoms with van der Waals surface area (Å²) in [6.45, 7) is 6.31. The van der Waals surface area contributed by atoms with Crippen LogP contribution in [0.5, 0.6) is 0 Å². The van der Waals surface area contributed by atoms with Gasteiger partial charge in [0.1, 0.15) is 0 Å². The molecule has 0 aliphatic carbocycles. The summed E-state index contributed by atoms with van der Waals surface area (Å²) in [4.78, 5) is 5.96. The molecule has 0 saturated carbocycles. The van der Waals surface area contributed by atoms with Crippen LogP contribution in [0.3, 0.4) is 0 Å². The van der Waals surface area contributed by atoms with Gasteiger partial charge in [0.05, 0.1) is 11.9 Å². The predicted molar refractivity (Wildman–Crippen MR) is 104 cm³/mol. The van der Waals surface area contributed by atoms with Gasteiger partial charge in [0.15, 0.2) is 0 Å². The fraction of sp³-hybridized carbons (Fsp3) is 0.200. The fourth-order valence-corrected chi connectivity index (χ4v) is 3.40. The second-order valence-electron chi connectivity index (χ2n) is 5.90. The van der Waals surface area contributed by atoms with Crippen molar-refractivity contribution in [1.82, 2.24) is 4.98 Å². The first-order valence-corrected chi connectivity index (χ1v) is 8.74. The molecule has 3 aromatic rings. The molecule has 122 valence electrons. The molecule has 3 nitrogen and oxygen atoms in total. The molecule has 0 aliphatic heterocycles. The first-order chi connectivity index (χ1) is 11.5. The van der Waals surface area contributed by atoms with Gasteiger partial charge >= 0.3 is 0 Å². The Morgan fingerprint density at radius 1 is 1.04 bits per heavy atom. The van der Waals surface area contributed by atoms with Gasteiger partial charge in [-0.3, -0.25) is 0 Å². The molecule has 0 amide bonds. The largest absolute Gasteiger partial charge is 0.242 e. The molecule has 3 rings (SSSR count). The molecule has 0 saturated heterocycles. The van der Waals surface area contributed by atoms with Gasteiger partial charge in [-0.25, -0.2) is 9.99 Å². The number of aryl methyl sites for hydroxylation is 3. The van der Waals surface area contributed by atoms with E-state index in [0.29, 0.717) is 0 Å². The molecule has 0 fully saturated rings. The standard InChI is InChI=1S/C20H21N3S/c1-14-10-11-18(15(2)12-14)13-21-23(4)20-22-19(16(3)24-20)17-8-6-5-7-9-17/h5-13H,1-4H3/b21-13+. The summed E-state index contributed by atoms with van der Waals surface area (Å²) >= 11 is 1.66.